The van der Waals surface area contributed by atoms with Gasteiger partial charge in [0.15, 0.2) is 0 Å². The fourth-order valence-electron chi connectivity index (χ4n) is 3.83. The second-order valence-electron chi connectivity index (χ2n) is 6.66. The second kappa shape index (κ2) is 7.61. The lowest BCUT2D eigenvalue weighted by Crippen LogP contribution is -2.41. The summed E-state index contributed by atoms with van der Waals surface area (Å²) in [6.45, 7) is 3.77. The van der Waals surface area contributed by atoms with Crippen LogP contribution in [0.5, 0.6) is 0 Å². The van der Waals surface area contributed by atoms with Crippen LogP contribution in [0.25, 0.3) is 0 Å². The van der Waals surface area contributed by atoms with Crippen LogP contribution >= 0.6 is 0 Å². The highest BCUT2D eigenvalue weighted by molar-refractivity contribution is 5.78. The van der Waals surface area contributed by atoms with Crippen molar-refractivity contribution in [3.63, 3.8) is 0 Å². The number of nitrogens with zero attached hydrogens (tertiary/aromatic N) is 3. The van der Waals surface area contributed by atoms with Crippen molar-refractivity contribution in [3.8, 4) is 6.07 Å². The molecule has 1 atom stereocenters. The van der Waals surface area contributed by atoms with E-state index in [1.54, 1.807) is 0 Å². The number of amides is 1. The molecule has 1 amide bonds. The molecule has 0 bridgehead atoms. The van der Waals surface area contributed by atoms with Crippen molar-refractivity contribution < 1.29 is 4.79 Å². The molecule has 0 saturated carbocycles. The summed E-state index contributed by atoms with van der Waals surface area (Å²) in [6, 6.07) is 10.7. The van der Waals surface area contributed by atoms with Gasteiger partial charge < -0.3 is 4.90 Å². The molecule has 3 rings (SSSR count). The van der Waals surface area contributed by atoms with Gasteiger partial charge in [-0.15, -0.1) is 0 Å². The minimum atomic E-state index is 0.321. The van der Waals surface area contributed by atoms with Gasteiger partial charge in [0.1, 0.15) is 0 Å². The minimum absolute atomic E-state index is 0.321. The number of hydrogen-bond acceptors (Lipinski definition) is 3. The lowest BCUT2D eigenvalue weighted by molar-refractivity contribution is -0.127. The first-order chi connectivity index (χ1) is 11.3. The van der Waals surface area contributed by atoms with E-state index in [2.05, 4.69) is 17.0 Å². The minimum Gasteiger partial charge on any atom is -0.343 e. The average Bonchev–Trinajstić information content (AvgIpc) is 3.00. The Morgan fingerprint density at radius 3 is 2.83 bits per heavy atom. The predicted octanol–water partition coefficient (Wildman–Crippen LogP) is 2.93. The Labute approximate surface area is 138 Å². The zero-order valence-corrected chi connectivity index (χ0v) is 13.7. The third-order valence-electron chi connectivity index (χ3n) is 5.16. The normalized spacial score (nSPS) is 22.3. The summed E-state index contributed by atoms with van der Waals surface area (Å²) < 4.78 is 0. The van der Waals surface area contributed by atoms with Gasteiger partial charge in [0.25, 0.3) is 0 Å². The predicted molar refractivity (Wildman–Crippen MR) is 89.6 cm³/mol. The molecule has 122 valence electrons. The largest absolute Gasteiger partial charge is 0.343 e. The maximum atomic E-state index is 11.8. The van der Waals surface area contributed by atoms with Crippen LogP contribution in [-0.4, -0.2) is 41.4 Å². The van der Waals surface area contributed by atoms with Gasteiger partial charge >= 0.3 is 0 Å². The fraction of sp³-hybridized carbons (Fsp3) is 0.579. The van der Waals surface area contributed by atoms with Crippen LogP contribution in [0.3, 0.4) is 0 Å². The Kier molecular flexibility index (Phi) is 5.30. The van der Waals surface area contributed by atoms with Crippen LogP contribution in [-0.2, 0) is 11.3 Å². The highest BCUT2D eigenvalue weighted by Crippen LogP contribution is 2.24. The molecule has 4 nitrogen and oxygen atoms in total. The average molecular weight is 311 g/mol. The van der Waals surface area contributed by atoms with Crippen molar-refractivity contribution >= 4 is 5.91 Å². The van der Waals surface area contributed by atoms with Crippen molar-refractivity contribution in [2.45, 2.75) is 51.1 Å². The van der Waals surface area contributed by atoms with Gasteiger partial charge in [-0.05, 0) is 43.9 Å². The first kappa shape index (κ1) is 16.0. The molecule has 2 heterocycles. The van der Waals surface area contributed by atoms with E-state index in [0.29, 0.717) is 11.9 Å². The SMILES string of the molecule is N#Cc1ccccc1CN1CCCCC1CCN1CCCC1=O. The molecule has 2 fully saturated rings. The first-order valence-electron chi connectivity index (χ1n) is 8.78. The Balaban J connectivity index is 1.62. The molecule has 1 aromatic rings. The number of likely N-dealkylation sites (tertiary alicyclic amines) is 2. The van der Waals surface area contributed by atoms with Crippen LogP contribution in [0.1, 0.15) is 49.7 Å². The smallest absolute Gasteiger partial charge is 0.222 e. The molecule has 0 aromatic heterocycles. The van der Waals surface area contributed by atoms with E-state index in [1.807, 2.05) is 23.1 Å². The molecule has 1 unspecified atom stereocenters. The molecule has 0 radical (unpaired) electrons. The molecule has 1 aromatic carbocycles. The van der Waals surface area contributed by atoms with Crippen molar-refractivity contribution in [1.82, 2.24) is 9.80 Å². The topological polar surface area (TPSA) is 47.3 Å². The van der Waals surface area contributed by atoms with Crippen molar-refractivity contribution in [2.75, 3.05) is 19.6 Å². The summed E-state index contributed by atoms with van der Waals surface area (Å²) in [5.41, 5.74) is 1.91. The summed E-state index contributed by atoms with van der Waals surface area (Å²) in [5.74, 6) is 0.321. The van der Waals surface area contributed by atoms with Crippen LogP contribution in [0.15, 0.2) is 24.3 Å². The maximum Gasteiger partial charge on any atom is 0.222 e. The van der Waals surface area contributed by atoms with Gasteiger partial charge in [0.05, 0.1) is 11.6 Å². The Bertz CT molecular complexity index is 593. The van der Waals surface area contributed by atoms with Gasteiger partial charge in [-0.1, -0.05) is 24.6 Å². The molecule has 2 aliphatic heterocycles. The van der Waals surface area contributed by atoms with Crippen molar-refractivity contribution in [2.24, 2.45) is 0 Å². The Morgan fingerprint density at radius 1 is 1.17 bits per heavy atom. The van der Waals surface area contributed by atoms with Gasteiger partial charge in [0, 0.05) is 32.1 Å². The second-order valence-corrected chi connectivity index (χ2v) is 6.66. The number of piperidine rings is 1. The molecule has 0 spiro atoms. The quantitative estimate of drug-likeness (QED) is 0.840. The van der Waals surface area contributed by atoms with E-state index >= 15 is 0 Å². The third-order valence-corrected chi connectivity index (χ3v) is 5.16. The van der Waals surface area contributed by atoms with Crippen LogP contribution in [0.4, 0.5) is 0 Å². The van der Waals surface area contributed by atoms with E-state index in [-0.39, 0.29) is 0 Å². The number of carbonyl (C=O) groups is 1. The molecular weight excluding hydrogens is 286 g/mol. The highest BCUT2D eigenvalue weighted by Gasteiger charge is 2.26. The van der Waals surface area contributed by atoms with Crippen LogP contribution in [0.2, 0.25) is 0 Å². The van der Waals surface area contributed by atoms with E-state index < -0.39 is 0 Å². The van der Waals surface area contributed by atoms with Gasteiger partial charge in [-0.2, -0.15) is 5.26 Å². The van der Waals surface area contributed by atoms with Crippen molar-refractivity contribution in [1.29, 1.82) is 5.26 Å². The number of benzene rings is 1. The lowest BCUT2D eigenvalue weighted by atomic mass is 9.97. The zero-order valence-electron chi connectivity index (χ0n) is 13.7. The first-order valence-corrected chi connectivity index (χ1v) is 8.78. The number of nitriles is 1. The summed E-state index contributed by atoms with van der Waals surface area (Å²) in [4.78, 5) is 16.3. The van der Waals surface area contributed by atoms with Crippen LogP contribution < -0.4 is 0 Å². The fourth-order valence-corrected chi connectivity index (χ4v) is 3.83. The number of rotatable bonds is 5. The van der Waals surface area contributed by atoms with E-state index in [0.717, 1.165) is 56.6 Å². The molecule has 0 aliphatic carbocycles. The van der Waals surface area contributed by atoms with Crippen LogP contribution in [0, 0.1) is 11.3 Å². The van der Waals surface area contributed by atoms with Crippen molar-refractivity contribution in [3.05, 3.63) is 35.4 Å². The molecule has 23 heavy (non-hydrogen) atoms. The monoisotopic (exact) mass is 311 g/mol. The summed E-state index contributed by atoms with van der Waals surface area (Å²) >= 11 is 0. The maximum absolute atomic E-state index is 11.8. The summed E-state index contributed by atoms with van der Waals surface area (Å²) in [6.07, 6.45) is 6.51. The summed E-state index contributed by atoms with van der Waals surface area (Å²) in [5, 5.41) is 9.28. The van der Waals surface area contributed by atoms with Gasteiger partial charge in [-0.25, -0.2) is 0 Å². The number of hydrogen-bond donors (Lipinski definition) is 0. The standard InChI is InChI=1S/C19H25N3O/c20-14-16-6-1-2-7-17(16)15-22-11-4-3-8-18(22)10-13-21-12-5-9-19(21)23/h1-2,6-7,18H,3-5,8-13,15H2. The Morgan fingerprint density at radius 2 is 2.04 bits per heavy atom. The summed E-state index contributed by atoms with van der Waals surface area (Å²) in [7, 11) is 0. The molecule has 0 N–H and O–H groups in total. The van der Waals surface area contributed by atoms with E-state index in [1.165, 1.54) is 19.3 Å². The number of carbonyl (C=O) groups excluding carboxylic acids is 1. The lowest BCUT2D eigenvalue weighted by Gasteiger charge is -2.36. The highest BCUT2D eigenvalue weighted by atomic mass is 16.2. The van der Waals surface area contributed by atoms with E-state index in [9.17, 15) is 10.1 Å². The van der Waals surface area contributed by atoms with Gasteiger partial charge in [-0.3, -0.25) is 9.69 Å². The molecule has 4 heteroatoms. The molecular formula is C19H25N3O. The Hall–Kier alpha value is -1.86. The molecule has 2 saturated heterocycles. The van der Waals surface area contributed by atoms with E-state index in [4.69, 9.17) is 0 Å². The zero-order chi connectivity index (χ0) is 16.1. The third kappa shape index (κ3) is 3.92. The molecule has 2 aliphatic rings. The van der Waals surface area contributed by atoms with Gasteiger partial charge in [0.2, 0.25) is 5.91 Å².